The number of amides is 1. The van der Waals surface area contributed by atoms with Gasteiger partial charge in [-0.15, -0.1) is 0 Å². The van der Waals surface area contributed by atoms with Crippen LogP contribution < -0.4 is 4.90 Å². The van der Waals surface area contributed by atoms with E-state index in [1.165, 1.54) is 17.3 Å². The van der Waals surface area contributed by atoms with E-state index < -0.39 is 0 Å². The summed E-state index contributed by atoms with van der Waals surface area (Å²) in [6.45, 7) is -0.263. The van der Waals surface area contributed by atoms with Crippen LogP contribution in [0.2, 0.25) is 0 Å². The van der Waals surface area contributed by atoms with E-state index in [0.717, 1.165) is 0 Å². The molecule has 2 aromatic heterocycles. The number of rotatable bonds is 2. The first-order valence-corrected chi connectivity index (χ1v) is 5.96. The van der Waals surface area contributed by atoms with Crippen molar-refractivity contribution in [1.82, 2.24) is 9.97 Å². The Morgan fingerprint density at radius 1 is 1.30 bits per heavy atom. The summed E-state index contributed by atoms with van der Waals surface area (Å²) < 4.78 is 0. The zero-order chi connectivity index (χ0) is 14.4. The van der Waals surface area contributed by atoms with E-state index >= 15 is 0 Å². The lowest BCUT2D eigenvalue weighted by Gasteiger charge is -2.17. The van der Waals surface area contributed by atoms with Gasteiger partial charge in [0.1, 0.15) is 6.61 Å². The predicted octanol–water partition coefficient (Wildman–Crippen LogP) is 1.10. The van der Waals surface area contributed by atoms with E-state index in [-0.39, 0.29) is 12.5 Å². The van der Waals surface area contributed by atoms with Gasteiger partial charge in [-0.2, -0.15) is 0 Å². The summed E-state index contributed by atoms with van der Waals surface area (Å²) in [5.41, 5.74) is 1.62. The van der Waals surface area contributed by atoms with Gasteiger partial charge in [0.05, 0.1) is 23.0 Å². The Morgan fingerprint density at radius 2 is 2.10 bits per heavy atom. The van der Waals surface area contributed by atoms with Crippen LogP contribution in [0.15, 0.2) is 43.0 Å². The third-order valence-electron chi connectivity index (χ3n) is 2.69. The molecule has 20 heavy (non-hydrogen) atoms. The lowest BCUT2D eigenvalue weighted by atomic mass is 10.1. The van der Waals surface area contributed by atoms with Crippen LogP contribution in [-0.2, 0) is 0 Å². The third-order valence-corrected chi connectivity index (χ3v) is 2.69. The standard InChI is InChI=1S/C15H13N3O2/c1-18(13-5-2-7-16-11-13)15(20)14-6-8-17-10-12(14)4-3-9-19/h2,5-8,10-11,19H,9H2,1H3. The van der Waals surface area contributed by atoms with Crippen LogP contribution in [0, 0.1) is 11.8 Å². The second kappa shape index (κ2) is 6.45. The summed E-state index contributed by atoms with van der Waals surface area (Å²) in [6.07, 6.45) is 6.30. The van der Waals surface area contributed by atoms with Gasteiger partial charge in [0, 0.05) is 25.6 Å². The first-order chi connectivity index (χ1) is 9.74. The van der Waals surface area contributed by atoms with Gasteiger partial charge in [0.15, 0.2) is 0 Å². The molecule has 0 atom stereocenters. The largest absolute Gasteiger partial charge is 0.384 e. The number of pyridine rings is 2. The molecular formula is C15H13N3O2. The lowest BCUT2D eigenvalue weighted by molar-refractivity contribution is 0.0992. The summed E-state index contributed by atoms with van der Waals surface area (Å²) >= 11 is 0. The molecule has 2 aromatic rings. The van der Waals surface area contributed by atoms with Crippen LogP contribution in [0.5, 0.6) is 0 Å². The molecule has 2 heterocycles. The molecule has 1 amide bonds. The van der Waals surface area contributed by atoms with Crippen LogP contribution in [0.1, 0.15) is 15.9 Å². The molecule has 2 rings (SSSR count). The number of aliphatic hydroxyl groups excluding tert-OH is 1. The molecule has 0 radical (unpaired) electrons. The fourth-order valence-corrected chi connectivity index (χ4v) is 1.67. The number of anilines is 1. The van der Waals surface area contributed by atoms with Crippen LogP contribution in [-0.4, -0.2) is 34.6 Å². The van der Waals surface area contributed by atoms with Gasteiger partial charge in [-0.05, 0) is 18.2 Å². The second-order valence-corrected chi connectivity index (χ2v) is 3.96. The first-order valence-electron chi connectivity index (χ1n) is 5.96. The molecule has 5 heteroatoms. The Morgan fingerprint density at radius 3 is 2.80 bits per heavy atom. The second-order valence-electron chi connectivity index (χ2n) is 3.96. The molecule has 0 fully saturated rings. The SMILES string of the molecule is CN(C(=O)c1ccncc1C#CCO)c1cccnc1. The minimum absolute atomic E-state index is 0.206. The summed E-state index contributed by atoms with van der Waals surface area (Å²) in [6, 6.07) is 5.17. The fraction of sp³-hybridized carbons (Fsp3) is 0.133. The summed E-state index contributed by atoms with van der Waals surface area (Å²) in [7, 11) is 1.67. The molecule has 0 aromatic carbocycles. The maximum atomic E-state index is 12.5. The smallest absolute Gasteiger partial charge is 0.259 e. The number of aliphatic hydroxyl groups is 1. The molecule has 0 saturated heterocycles. The molecule has 0 bridgehead atoms. The van der Waals surface area contributed by atoms with Crippen molar-refractivity contribution in [2.24, 2.45) is 0 Å². The molecule has 1 N–H and O–H groups in total. The highest BCUT2D eigenvalue weighted by Gasteiger charge is 2.16. The van der Waals surface area contributed by atoms with Crippen LogP contribution in [0.25, 0.3) is 0 Å². The number of carbonyl (C=O) groups excluding carboxylic acids is 1. The number of nitrogens with zero attached hydrogens (tertiary/aromatic N) is 3. The van der Waals surface area contributed by atoms with Crippen molar-refractivity contribution in [3.63, 3.8) is 0 Å². The van der Waals surface area contributed by atoms with Crippen LogP contribution in [0.3, 0.4) is 0 Å². The van der Waals surface area contributed by atoms with E-state index in [0.29, 0.717) is 16.8 Å². The van der Waals surface area contributed by atoms with E-state index in [4.69, 9.17) is 5.11 Å². The third kappa shape index (κ3) is 2.99. The maximum absolute atomic E-state index is 12.5. The van der Waals surface area contributed by atoms with Gasteiger partial charge in [0.2, 0.25) is 0 Å². The molecule has 100 valence electrons. The Bertz CT molecular complexity index is 660. The normalized spacial score (nSPS) is 9.50. The van der Waals surface area contributed by atoms with Gasteiger partial charge in [-0.1, -0.05) is 11.8 Å². The maximum Gasteiger partial charge on any atom is 0.259 e. The van der Waals surface area contributed by atoms with Gasteiger partial charge in [-0.25, -0.2) is 0 Å². The quantitative estimate of drug-likeness (QED) is 0.827. The average molecular weight is 267 g/mol. The number of aromatic nitrogens is 2. The molecule has 0 unspecified atom stereocenters. The molecule has 0 aliphatic rings. The van der Waals surface area contributed by atoms with E-state index in [1.807, 2.05) is 0 Å². The van der Waals surface area contributed by atoms with Crippen LogP contribution in [0.4, 0.5) is 5.69 Å². The van der Waals surface area contributed by atoms with E-state index in [2.05, 4.69) is 21.8 Å². The zero-order valence-corrected chi connectivity index (χ0v) is 10.9. The zero-order valence-electron chi connectivity index (χ0n) is 10.9. The van der Waals surface area contributed by atoms with Gasteiger partial charge >= 0.3 is 0 Å². The van der Waals surface area contributed by atoms with Crippen molar-refractivity contribution >= 4 is 11.6 Å². The van der Waals surface area contributed by atoms with Crippen molar-refractivity contribution in [3.8, 4) is 11.8 Å². The number of hydrogen-bond acceptors (Lipinski definition) is 4. The number of carbonyl (C=O) groups is 1. The molecule has 0 aliphatic carbocycles. The molecule has 0 aliphatic heterocycles. The molecule has 0 spiro atoms. The van der Waals surface area contributed by atoms with Gasteiger partial charge in [0.25, 0.3) is 5.91 Å². The Labute approximate surface area is 116 Å². The highest BCUT2D eigenvalue weighted by atomic mass is 16.2. The average Bonchev–Trinajstić information content (AvgIpc) is 2.52. The predicted molar refractivity (Wildman–Crippen MR) is 75.2 cm³/mol. The van der Waals surface area contributed by atoms with E-state index in [9.17, 15) is 4.79 Å². The molecule has 5 nitrogen and oxygen atoms in total. The number of hydrogen-bond donors (Lipinski definition) is 1. The Balaban J connectivity index is 2.34. The minimum Gasteiger partial charge on any atom is -0.384 e. The minimum atomic E-state index is -0.263. The summed E-state index contributed by atoms with van der Waals surface area (Å²) in [4.78, 5) is 21.9. The van der Waals surface area contributed by atoms with Crippen LogP contribution >= 0.6 is 0 Å². The first kappa shape index (κ1) is 13.7. The van der Waals surface area contributed by atoms with Crippen molar-refractivity contribution in [2.45, 2.75) is 0 Å². The lowest BCUT2D eigenvalue weighted by Crippen LogP contribution is -2.27. The summed E-state index contributed by atoms with van der Waals surface area (Å²) in [5.74, 6) is 5.04. The van der Waals surface area contributed by atoms with Crippen molar-refractivity contribution in [3.05, 3.63) is 54.1 Å². The van der Waals surface area contributed by atoms with E-state index in [1.54, 1.807) is 37.6 Å². The Hall–Kier alpha value is -2.71. The monoisotopic (exact) mass is 267 g/mol. The van der Waals surface area contributed by atoms with Crippen molar-refractivity contribution in [2.75, 3.05) is 18.6 Å². The summed E-state index contributed by atoms with van der Waals surface area (Å²) in [5, 5.41) is 8.75. The highest BCUT2D eigenvalue weighted by Crippen LogP contribution is 2.15. The Kier molecular flexibility index (Phi) is 4.43. The fourth-order valence-electron chi connectivity index (χ4n) is 1.67. The molecule has 0 saturated carbocycles. The van der Waals surface area contributed by atoms with Crippen molar-refractivity contribution in [1.29, 1.82) is 0 Å². The topological polar surface area (TPSA) is 66.3 Å². The van der Waals surface area contributed by atoms with Gasteiger partial charge < -0.3 is 10.0 Å². The van der Waals surface area contributed by atoms with Gasteiger partial charge in [-0.3, -0.25) is 14.8 Å². The van der Waals surface area contributed by atoms with Crippen molar-refractivity contribution < 1.29 is 9.90 Å². The highest BCUT2D eigenvalue weighted by molar-refractivity contribution is 6.07. The molecular weight excluding hydrogens is 254 g/mol.